The number of aromatic nitrogens is 1. The van der Waals surface area contributed by atoms with Gasteiger partial charge in [-0.05, 0) is 44.2 Å². The minimum Gasteiger partial charge on any atom is -0.372 e. The minimum absolute atomic E-state index is 0.0385. The van der Waals surface area contributed by atoms with Crippen molar-refractivity contribution in [2.45, 2.75) is 39.2 Å². The van der Waals surface area contributed by atoms with Crippen LogP contribution in [-0.4, -0.2) is 59.4 Å². The molecule has 6 nitrogen and oxygen atoms in total. The lowest BCUT2D eigenvalue weighted by Gasteiger charge is -2.26. The summed E-state index contributed by atoms with van der Waals surface area (Å²) in [7, 11) is 0. The molecule has 0 aromatic carbocycles. The lowest BCUT2D eigenvalue weighted by atomic mass is 9.79. The third kappa shape index (κ3) is 4.00. The van der Waals surface area contributed by atoms with Crippen LogP contribution in [0.1, 0.15) is 38.2 Å². The van der Waals surface area contributed by atoms with Crippen molar-refractivity contribution in [1.82, 2.24) is 14.8 Å². The maximum atomic E-state index is 13.1. The van der Waals surface area contributed by atoms with Gasteiger partial charge in [-0.25, -0.2) is 0 Å². The van der Waals surface area contributed by atoms with Gasteiger partial charge in [0.15, 0.2) is 0 Å². The summed E-state index contributed by atoms with van der Waals surface area (Å²) in [5.74, 6) is 0.284. The van der Waals surface area contributed by atoms with Gasteiger partial charge in [0.05, 0.1) is 5.41 Å². The molecule has 0 saturated carbocycles. The Labute approximate surface area is 149 Å². The van der Waals surface area contributed by atoms with E-state index in [0.717, 1.165) is 44.3 Å². The number of hydrogen-bond acceptors (Lipinski definition) is 4. The molecule has 1 aromatic rings. The molecule has 136 valence electrons. The monoisotopic (exact) mass is 345 g/mol. The molecule has 2 saturated heterocycles. The highest BCUT2D eigenvalue weighted by atomic mass is 16.5. The third-order valence-corrected chi connectivity index (χ3v) is 5.42. The highest BCUT2D eigenvalue weighted by molar-refractivity contribution is 5.85. The molecule has 0 bridgehead atoms. The zero-order valence-corrected chi connectivity index (χ0v) is 14.9. The van der Waals surface area contributed by atoms with Crippen LogP contribution in [0.15, 0.2) is 24.5 Å². The molecule has 25 heavy (non-hydrogen) atoms. The first-order valence-corrected chi connectivity index (χ1v) is 9.18. The van der Waals surface area contributed by atoms with Gasteiger partial charge >= 0.3 is 0 Å². The second kappa shape index (κ2) is 7.95. The zero-order chi connectivity index (χ0) is 17.7. The second-order valence-corrected chi connectivity index (χ2v) is 6.99. The van der Waals surface area contributed by atoms with Crippen LogP contribution in [0.3, 0.4) is 0 Å². The van der Waals surface area contributed by atoms with E-state index in [-0.39, 0.29) is 23.8 Å². The maximum Gasteiger partial charge on any atom is 0.248 e. The summed E-state index contributed by atoms with van der Waals surface area (Å²) < 4.78 is 5.24. The minimum atomic E-state index is -0.289. The van der Waals surface area contributed by atoms with Crippen molar-refractivity contribution in [2.75, 3.05) is 32.8 Å². The topological polar surface area (TPSA) is 62.7 Å². The van der Waals surface area contributed by atoms with Gasteiger partial charge in [-0.3, -0.25) is 14.6 Å². The molecule has 1 atom stereocenters. The Kier molecular flexibility index (Phi) is 5.68. The normalized spacial score (nSPS) is 24.0. The Bertz CT molecular complexity index is 607. The Balaban J connectivity index is 1.61. The third-order valence-electron chi connectivity index (χ3n) is 5.42. The van der Waals surface area contributed by atoms with E-state index in [1.807, 2.05) is 35.1 Å². The standard InChI is InChI=1S/C19H27N3O3/c1-2-25-15-17(23)21-10-4-6-19(7-11-21)8-12-22(18(19)24)14-16-5-3-9-20-13-16/h3,5,9,13H,2,4,6-8,10-12,14-15H2,1H3. The number of ether oxygens (including phenoxy) is 1. The lowest BCUT2D eigenvalue weighted by Crippen LogP contribution is -2.37. The number of carbonyl (C=O) groups is 2. The number of carbonyl (C=O) groups excluding carboxylic acids is 2. The van der Waals surface area contributed by atoms with Crippen LogP contribution in [0, 0.1) is 5.41 Å². The summed E-state index contributed by atoms with van der Waals surface area (Å²) in [5, 5.41) is 0. The van der Waals surface area contributed by atoms with Crippen molar-refractivity contribution in [2.24, 2.45) is 5.41 Å². The fourth-order valence-electron chi connectivity index (χ4n) is 3.94. The van der Waals surface area contributed by atoms with Crippen LogP contribution >= 0.6 is 0 Å². The Morgan fingerprint density at radius 1 is 1.28 bits per heavy atom. The molecule has 0 radical (unpaired) electrons. The quantitative estimate of drug-likeness (QED) is 0.817. The molecule has 3 heterocycles. The van der Waals surface area contributed by atoms with Crippen molar-refractivity contribution in [1.29, 1.82) is 0 Å². The van der Waals surface area contributed by atoms with E-state index in [0.29, 0.717) is 19.7 Å². The molecule has 6 heteroatoms. The largest absolute Gasteiger partial charge is 0.372 e. The molecular formula is C19H27N3O3. The molecule has 0 N–H and O–H groups in total. The molecule has 1 unspecified atom stereocenters. The van der Waals surface area contributed by atoms with Crippen LogP contribution in [0.5, 0.6) is 0 Å². The molecule has 2 aliphatic rings. The molecule has 2 fully saturated rings. The molecule has 2 aliphatic heterocycles. The van der Waals surface area contributed by atoms with Crippen molar-refractivity contribution < 1.29 is 14.3 Å². The van der Waals surface area contributed by atoms with Crippen molar-refractivity contribution in [3.05, 3.63) is 30.1 Å². The van der Waals surface area contributed by atoms with Gasteiger partial charge in [-0.1, -0.05) is 6.07 Å². The van der Waals surface area contributed by atoms with E-state index in [9.17, 15) is 9.59 Å². The molecule has 1 aromatic heterocycles. The highest BCUT2D eigenvalue weighted by Crippen LogP contribution is 2.42. The van der Waals surface area contributed by atoms with Gasteiger partial charge in [0.1, 0.15) is 6.61 Å². The summed E-state index contributed by atoms with van der Waals surface area (Å²) in [6, 6.07) is 3.91. The van der Waals surface area contributed by atoms with Gasteiger partial charge in [-0.15, -0.1) is 0 Å². The number of amides is 2. The smallest absolute Gasteiger partial charge is 0.248 e. The predicted molar refractivity (Wildman–Crippen MR) is 93.6 cm³/mol. The number of hydrogen-bond donors (Lipinski definition) is 0. The van der Waals surface area contributed by atoms with Gasteiger partial charge < -0.3 is 14.5 Å². The van der Waals surface area contributed by atoms with Crippen LogP contribution in [0.25, 0.3) is 0 Å². The lowest BCUT2D eigenvalue weighted by molar-refractivity contribution is -0.139. The average molecular weight is 345 g/mol. The molecule has 3 rings (SSSR count). The second-order valence-electron chi connectivity index (χ2n) is 6.99. The number of pyridine rings is 1. The number of rotatable bonds is 5. The Morgan fingerprint density at radius 2 is 2.12 bits per heavy atom. The Morgan fingerprint density at radius 3 is 2.88 bits per heavy atom. The van der Waals surface area contributed by atoms with E-state index in [1.165, 1.54) is 0 Å². The highest BCUT2D eigenvalue weighted by Gasteiger charge is 2.47. The Hall–Kier alpha value is -1.95. The molecular weight excluding hydrogens is 318 g/mol. The molecule has 0 aliphatic carbocycles. The predicted octanol–water partition coefficient (Wildman–Crippen LogP) is 1.85. The van der Waals surface area contributed by atoms with Crippen LogP contribution in [-0.2, 0) is 20.9 Å². The first-order chi connectivity index (χ1) is 12.1. The van der Waals surface area contributed by atoms with Gasteiger partial charge in [-0.2, -0.15) is 0 Å². The number of likely N-dealkylation sites (tertiary alicyclic amines) is 2. The zero-order valence-electron chi connectivity index (χ0n) is 14.9. The summed E-state index contributed by atoms with van der Waals surface area (Å²) >= 11 is 0. The van der Waals surface area contributed by atoms with Crippen molar-refractivity contribution >= 4 is 11.8 Å². The first-order valence-electron chi connectivity index (χ1n) is 9.18. The number of nitrogens with zero attached hydrogens (tertiary/aromatic N) is 3. The van der Waals surface area contributed by atoms with Crippen LogP contribution in [0.2, 0.25) is 0 Å². The van der Waals surface area contributed by atoms with Gasteiger partial charge in [0.2, 0.25) is 11.8 Å². The van der Waals surface area contributed by atoms with Gasteiger partial charge in [0.25, 0.3) is 0 Å². The summed E-state index contributed by atoms with van der Waals surface area (Å²) in [6.45, 7) is 5.37. The SMILES string of the molecule is CCOCC(=O)N1CCCC2(CC1)CCN(Cc1cccnc1)C2=O. The van der Waals surface area contributed by atoms with E-state index < -0.39 is 0 Å². The maximum absolute atomic E-state index is 13.1. The van der Waals surface area contributed by atoms with E-state index >= 15 is 0 Å². The van der Waals surface area contributed by atoms with Crippen LogP contribution in [0.4, 0.5) is 0 Å². The fourth-order valence-corrected chi connectivity index (χ4v) is 3.94. The van der Waals surface area contributed by atoms with Gasteiger partial charge in [0, 0.05) is 45.2 Å². The summed E-state index contributed by atoms with van der Waals surface area (Å²) in [4.78, 5) is 33.2. The summed E-state index contributed by atoms with van der Waals surface area (Å²) in [5.41, 5.74) is 0.776. The molecule has 2 amide bonds. The first kappa shape index (κ1) is 17.9. The van der Waals surface area contributed by atoms with Crippen LogP contribution < -0.4 is 0 Å². The van der Waals surface area contributed by atoms with Crippen molar-refractivity contribution in [3.63, 3.8) is 0 Å². The average Bonchev–Trinajstić information content (AvgIpc) is 2.82. The fraction of sp³-hybridized carbons (Fsp3) is 0.632. The molecule has 1 spiro atoms. The van der Waals surface area contributed by atoms with E-state index in [2.05, 4.69) is 4.98 Å². The summed E-state index contributed by atoms with van der Waals surface area (Å²) in [6.07, 6.45) is 6.96. The van der Waals surface area contributed by atoms with E-state index in [4.69, 9.17) is 4.74 Å². The van der Waals surface area contributed by atoms with Crippen molar-refractivity contribution in [3.8, 4) is 0 Å². The van der Waals surface area contributed by atoms with E-state index in [1.54, 1.807) is 6.20 Å².